The smallest absolute Gasteiger partial charge is 0.305 e. The van der Waals surface area contributed by atoms with Crippen LogP contribution in [0.3, 0.4) is 0 Å². The van der Waals surface area contributed by atoms with E-state index in [1.807, 2.05) is 6.92 Å². The van der Waals surface area contributed by atoms with Gasteiger partial charge in [-0.1, -0.05) is 105 Å². The largest absolute Gasteiger partial charge is 0.466 e. The third kappa shape index (κ3) is 51.8. The highest BCUT2D eigenvalue weighted by atomic mass is 16.6. The number of hydrogen-bond acceptors (Lipinski definition) is 18. The molecule has 0 aromatic heterocycles. The number of carbonyl (C=O) groups excluding carboxylic acids is 9. The number of hydrogen-bond donors (Lipinski definition) is 0. The van der Waals surface area contributed by atoms with Crippen molar-refractivity contribution in [1.29, 1.82) is 0 Å². The Kier molecular flexibility index (Phi) is 52.5. The second-order valence-electron chi connectivity index (χ2n) is 21.5. The van der Waals surface area contributed by atoms with Crippen molar-refractivity contribution in [3.8, 4) is 0 Å². The molecule has 0 unspecified atom stereocenters. The maximum atomic E-state index is 12.9. The van der Waals surface area contributed by atoms with Gasteiger partial charge < -0.3 is 42.6 Å². The first kappa shape index (κ1) is 76.2. The lowest BCUT2D eigenvalue weighted by Crippen LogP contribution is -2.39. The normalized spacial score (nSPS) is 11.1. The van der Waals surface area contributed by atoms with Crippen LogP contribution in [0, 0.1) is 5.41 Å². The van der Waals surface area contributed by atoms with E-state index in [-0.39, 0.29) is 133 Å². The molecular formula is C63H110O18. The number of rotatable bonds is 58. The van der Waals surface area contributed by atoms with Gasteiger partial charge in [0, 0.05) is 57.8 Å². The lowest BCUT2D eigenvalue weighted by Gasteiger charge is -2.31. The molecule has 0 aromatic rings. The van der Waals surface area contributed by atoms with Crippen LogP contribution in [0.1, 0.15) is 285 Å². The summed E-state index contributed by atoms with van der Waals surface area (Å²) < 4.78 is 48.8. The van der Waals surface area contributed by atoms with Crippen LogP contribution in [-0.2, 0) is 85.8 Å². The minimum atomic E-state index is -1.01. The average molecular weight is 1160 g/mol. The predicted octanol–water partition coefficient (Wildman–Crippen LogP) is 13.5. The Balaban J connectivity index is 4.79. The fraction of sp³-hybridized carbons (Fsp3) is 0.857. The SMILES string of the molecule is CCCCCCCOC(=O)CCCCC(=O)OCCCCCC(=O)OCC(CC)(COC(=O)CCCCCOC(=O)CCCCC(=O)OCCCCCCC)COC(=O)CCCCCOC(=O)CCCCC(=O)OCCCCCCC. The van der Waals surface area contributed by atoms with Crippen molar-refractivity contribution in [3.63, 3.8) is 0 Å². The van der Waals surface area contributed by atoms with E-state index in [2.05, 4.69) is 20.8 Å². The van der Waals surface area contributed by atoms with Crippen LogP contribution in [0.15, 0.2) is 0 Å². The van der Waals surface area contributed by atoms with E-state index in [0.717, 1.165) is 77.0 Å². The molecule has 0 amide bonds. The Hall–Kier alpha value is -4.77. The van der Waals surface area contributed by atoms with E-state index in [4.69, 9.17) is 42.6 Å². The minimum absolute atomic E-state index is 0.109. The Morgan fingerprint density at radius 3 is 0.556 bits per heavy atom. The Bertz CT molecular complexity index is 1460. The molecular weight excluding hydrogens is 1040 g/mol. The van der Waals surface area contributed by atoms with Gasteiger partial charge in [-0.05, 0) is 122 Å². The number of ether oxygens (including phenoxy) is 9. The van der Waals surface area contributed by atoms with Gasteiger partial charge in [0.1, 0.15) is 19.8 Å². The van der Waals surface area contributed by atoms with Crippen LogP contribution in [-0.4, -0.2) is 113 Å². The van der Waals surface area contributed by atoms with Gasteiger partial charge in [-0.2, -0.15) is 0 Å². The molecule has 0 aliphatic carbocycles. The summed E-state index contributed by atoms with van der Waals surface area (Å²) in [5, 5.41) is 0. The molecule has 0 atom stereocenters. The van der Waals surface area contributed by atoms with E-state index in [1.54, 1.807) is 0 Å². The van der Waals surface area contributed by atoms with Gasteiger partial charge >= 0.3 is 53.7 Å². The zero-order chi connectivity index (χ0) is 59.7. The first-order chi connectivity index (χ1) is 39.3. The maximum absolute atomic E-state index is 12.9. The standard InChI is InChI=1S/C63H110O18/c1-5-9-12-15-30-45-73-54(64)39-24-27-42-57(67)76-48-33-18-21-36-60(70)79-51-63(8-4,52-80-61(71)37-22-19-34-49-77-58(68)43-28-25-40-55(65)74-46-31-16-13-10-6-2)53-81-62(72)38-23-20-35-50-78-59(69)44-29-26-41-56(66)75-47-32-17-14-11-7-3/h5-53H2,1-4H3. The molecule has 470 valence electrons. The van der Waals surface area contributed by atoms with Crippen molar-refractivity contribution in [2.24, 2.45) is 5.41 Å². The quantitative estimate of drug-likeness (QED) is 0.0312. The van der Waals surface area contributed by atoms with Crippen molar-refractivity contribution in [2.75, 3.05) is 59.5 Å². The summed E-state index contributed by atoms with van der Waals surface area (Å²) in [5.74, 6) is -3.13. The molecule has 0 aliphatic heterocycles. The maximum Gasteiger partial charge on any atom is 0.305 e. The molecule has 0 bridgehead atoms. The first-order valence-electron chi connectivity index (χ1n) is 31.7. The molecule has 0 radical (unpaired) electrons. The first-order valence-corrected chi connectivity index (χ1v) is 31.7. The second kappa shape index (κ2) is 55.7. The van der Waals surface area contributed by atoms with E-state index in [1.165, 1.54) is 19.3 Å². The molecule has 81 heavy (non-hydrogen) atoms. The third-order valence-corrected chi connectivity index (χ3v) is 13.8. The van der Waals surface area contributed by atoms with Gasteiger partial charge in [0.15, 0.2) is 0 Å². The topological polar surface area (TPSA) is 237 Å². The van der Waals surface area contributed by atoms with Crippen LogP contribution < -0.4 is 0 Å². The predicted molar refractivity (Wildman–Crippen MR) is 308 cm³/mol. The van der Waals surface area contributed by atoms with Crippen molar-refractivity contribution in [1.82, 2.24) is 0 Å². The van der Waals surface area contributed by atoms with Crippen molar-refractivity contribution < 1.29 is 85.8 Å². The van der Waals surface area contributed by atoms with E-state index in [9.17, 15) is 43.2 Å². The molecule has 0 N–H and O–H groups in total. The van der Waals surface area contributed by atoms with Gasteiger partial charge in [0.2, 0.25) is 0 Å². The van der Waals surface area contributed by atoms with Crippen molar-refractivity contribution in [3.05, 3.63) is 0 Å². The molecule has 0 spiro atoms. The highest BCUT2D eigenvalue weighted by Gasteiger charge is 2.34. The van der Waals surface area contributed by atoms with Gasteiger partial charge in [-0.3, -0.25) is 43.2 Å². The lowest BCUT2D eigenvalue weighted by atomic mass is 9.88. The summed E-state index contributed by atoms with van der Waals surface area (Å²) in [6.45, 7) is 9.79. The fourth-order valence-electron chi connectivity index (χ4n) is 8.27. The molecule has 0 aliphatic rings. The summed E-state index contributed by atoms with van der Waals surface area (Å²) in [5.41, 5.74) is -1.01. The van der Waals surface area contributed by atoms with Crippen LogP contribution in [0.2, 0.25) is 0 Å². The molecule has 0 saturated carbocycles. The molecule has 0 heterocycles. The van der Waals surface area contributed by atoms with Crippen LogP contribution in [0.5, 0.6) is 0 Å². The summed E-state index contributed by atoms with van der Waals surface area (Å²) in [4.78, 5) is 111. The molecule has 0 saturated heterocycles. The lowest BCUT2D eigenvalue weighted by molar-refractivity contribution is -0.163. The Labute approximate surface area is 487 Å². The highest BCUT2D eigenvalue weighted by molar-refractivity contribution is 5.73. The summed E-state index contributed by atoms with van der Waals surface area (Å²) in [7, 11) is 0. The zero-order valence-electron chi connectivity index (χ0n) is 51.0. The van der Waals surface area contributed by atoms with Crippen LogP contribution in [0.25, 0.3) is 0 Å². The van der Waals surface area contributed by atoms with E-state index < -0.39 is 23.3 Å². The second-order valence-corrected chi connectivity index (χ2v) is 21.5. The van der Waals surface area contributed by atoms with Crippen molar-refractivity contribution in [2.45, 2.75) is 285 Å². The summed E-state index contributed by atoms with van der Waals surface area (Å²) in [6, 6.07) is 0. The molecule has 18 nitrogen and oxygen atoms in total. The number of esters is 9. The zero-order valence-corrected chi connectivity index (χ0v) is 51.0. The molecule has 18 heteroatoms. The minimum Gasteiger partial charge on any atom is -0.466 e. The third-order valence-electron chi connectivity index (χ3n) is 13.8. The highest BCUT2D eigenvalue weighted by Crippen LogP contribution is 2.26. The molecule has 0 aromatic carbocycles. The van der Waals surface area contributed by atoms with Crippen LogP contribution >= 0.6 is 0 Å². The van der Waals surface area contributed by atoms with E-state index in [0.29, 0.717) is 123 Å². The summed E-state index contributed by atoms with van der Waals surface area (Å²) >= 11 is 0. The number of carbonyl (C=O) groups is 9. The fourth-order valence-corrected chi connectivity index (χ4v) is 8.27. The Morgan fingerprint density at radius 2 is 0.370 bits per heavy atom. The number of unbranched alkanes of at least 4 members (excludes halogenated alkanes) is 21. The van der Waals surface area contributed by atoms with Gasteiger partial charge in [-0.25, -0.2) is 0 Å². The van der Waals surface area contributed by atoms with Crippen LogP contribution in [0.4, 0.5) is 0 Å². The average Bonchev–Trinajstić information content (AvgIpc) is 3.47. The Morgan fingerprint density at radius 1 is 0.210 bits per heavy atom. The summed E-state index contributed by atoms with van der Waals surface area (Å²) in [6.07, 6.45) is 26.6. The van der Waals surface area contributed by atoms with Gasteiger partial charge in [0.25, 0.3) is 0 Å². The van der Waals surface area contributed by atoms with Gasteiger partial charge in [-0.15, -0.1) is 0 Å². The van der Waals surface area contributed by atoms with Gasteiger partial charge in [0.05, 0.1) is 45.1 Å². The molecule has 0 fully saturated rings. The van der Waals surface area contributed by atoms with Crippen molar-refractivity contribution >= 4 is 53.7 Å². The molecule has 0 rings (SSSR count). The monoisotopic (exact) mass is 1150 g/mol. The van der Waals surface area contributed by atoms with E-state index >= 15 is 0 Å².